The highest BCUT2D eigenvalue weighted by Crippen LogP contribution is 2.25. The van der Waals surface area contributed by atoms with Crippen molar-refractivity contribution in [3.63, 3.8) is 0 Å². The molecular formula is C19H22N4O4S. The number of carbonyl (C=O) groups excluding carboxylic acids is 2. The number of carbonyl (C=O) groups is 2. The smallest absolute Gasteiger partial charge is 0.324 e. The number of hydrogen-bond acceptors (Lipinski definition) is 5. The lowest BCUT2D eigenvalue weighted by molar-refractivity contribution is -0.383. The van der Waals surface area contributed by atoms with E-state index in [1.165, 1.54) is 18.2 Å². The molecule has 2 rings (SSSR count). The molecule has 0 bridgehead atoms. The topological polar surface area (TPSA) is 105 Å². The van der Waals surface area contributed by atoms with Crippen molar-refractivity contribution in [2.75, 3.05) is 10.6 Å². The van der Waals surface area contributed by atoms with Crippen LogP contribution in [0.4, 0.5) is 21.9 Å². The Kier molecular flexibility index (Phi) is 7.00. The molecule has 0 aliphatic rings. The van der Waals surface area contributed by atoms with Gasteiger partial charge in [-0.15, -0.1) is 0 Å². The van der Waals surface area contributed by atoms with Crippen molar-refractivity contribution in [1.29, 1.82) is 0 Å². The third-order valence-electron chi connectivity index (χ3n) is 4.12. The summed E-state index contributed by atoms with van der Waals surface area (Å²) in [5.74, 6) is -0.657. The molecule has 1 atom stereocenters. The molecule has 1 unspecified atom stereocenters. The van der Waals surface area contributed by atoms with Crippen LogP contribution in [0.3, 0.4) is 0 Å². The lowest BCUT2D eigenvalue weighted by Crippen LogP contribution is -2.47. The van der Waals surface area contributed by atoms with Gasteiger partial charge >= 0.3 is 6.03 Å². The number of amides is 3. The van der Waals surface area contributed by atoms with Gasteiger partial charge < -0.3 is 10.6 Å². The standard InChI is InChI=1S/C19H22N4O4S/c1-12(2)17(18(24)20-14-9-5-4-8-13(14)3)22(28)19(25)21-15-10-6-7-11-16(15)23(26)27/h4-12,17,28H,1-3H3,(H,20,24)(H,21,25). The fourth-order valence-electron chi connectivity index (χ4n) is 2.65. The van der Waals surface area contributed by atoms with Crippen LogP contribution in [0, 0.1) is 23.0 Å². The molecule has 2 aromatic carbocycles. The van der Waals surface area contributed by atoms with Gasteiger partial charge in [-0.05, 0) is 30.5 Å². The number of aryl methyl sites for hydroxylation is 1. The Hall–Kier alpha value is -3.07. The fourth-order valence-corrected chi connectivity index (χ4v) is 3.07. The molecule has 0 radical (unpaired) electrons. The van der Waals surface area contributed by atoms with Gasteiger partial charge in [0.1, 0.15) is 11.7 Å². The van der Waals surface area contributed by atoms with Crippen LogP contribution in [0.25, 0.3) is 0 Å². The van der Waals surface area contributed by atoms with Crippen LogP contribution in [0.15, 0.2) is 48.5 Å². The molecule has 148 valence electrons. The van der Waals surface area contributed by atoms with E-state index in [2.05, 4.69) is 23.4 Å². The Bertz CT molecular complexity index is 888. The van der Waals surface area contributed by atoms with Crippen molar-refractivity contribution >= 4 is 41.8 Å². The van der Waals surface area contributed by atoms with Gasteiger partial charge in [-0.3, -0.25) is 19.2 Å². The number of nitro groups is 1. The second-order valence-corrected chi connectivity index (χ2v) is 6.97. The minimum atomic E-state index is -0.897. The van der Waals surface area contributed by atoms with Gasteiger partial charge in [-0.25, -0.2) is 4.79 Å². The van der Waals surface area contributed by atoms with Crippen LogP contribution in [0.1, 0.15) is 19.4 Å². The summed E-state index contributed by atoms with van der Waals surface area (Å²) in [6.07, 6.45) is 0. The Morgan fingerprint density at radius 1 is 1.04 bits per heavy atom. The van der Waals surface area contributed by atoms with E-state index in [1.807, 2.05) is 19.1 Å². The van der Waals surface area contributed by atoms with Gasteiger partial charge in [0.15, 0.2) is 0 Å². The first-order valence-corrected chi connectivity index (χ1v) is 9.01. The quantitative estimate of drug-likeness (QED) is 0.382. The molecule has 0 aliphatic carbocycles. The first-order chi connectivity index (χ1) is 13.2. The van der Waals surface area contributed by atoms with Crippen molar-refractivity contribution in [3.05, 3.63) is 64.2 Å². The fraction of sp³-hybridized carbons (Fsp3) is 0.263. The van der Waals surface area contributed by atoms with E-state index in [4.69, 9.17) is 0 Å². The third-order valence-corrected chi connectivity index (χ3v) is 4.55. The minimum absolute atomic E-state index is 0.0263. The van der Waals surface area contributed by atoms with E-state index in [1.54, 1.807) is 32.0 Å². The zero-order chi connectivity index (χ0) is 20.8. The zero-order valence-electron chi connectivity index (χ0n) is 15.7. The minimum Gasteiger partial charge on any atom is -0.324 e. The lowest BCUT2D eigenvalue weighted by atomic mass is 10.0. The lowest BCUT2D eigenvalue weighted by Gasteiger charge is -2.29. The molecule has 2 N–H and O–H groups in total. The number of nitro benzene ring substituents is 1. The predicted octanol–water partition coefficient (Wildman–Crippen LogP) is 4.25. The molecular weight excluding hydrogens is 380 g/mol. The molecule has 0 fully saturated rings. The van der Waals surface area contributed by atoms with E-state index in [0.29, 0.717) is 5.69 Å². The van der Waals surface area contributed by atoms with E-state index in [0.717, 1.165) is 9.87 Å². The predicted molar refractivity (Wildman–Crippen MR) is 111 cm³/mol. The number of para-hydroxylation sites is 3. The van der Waals surface area contributed by atoms with Gasteiger partial charge in [0.2, 0.25) is 5.91 Å². The van der Waals surface area contributed by atoms with Crippen molar-refractivity contribution in [2.24, 2.45) is 5.92 Å². The summed E-state index contributed by atoms with van der Waals surface area (Å²) in [6, 6.07) is 11.4. The van der Waals surface area contributed by atoms with Crippen molar-refractivity contribution in [2.45, 2.75) is 26.8 Å². The van der Waals surface area contributed by atoms with Crippen LogP contribution in [0.2, 0.25) is 0 Å². The molecule has 0 spiro atoms. The highest BCUT2D eigenvalue weighted by Gasteiger charge is 2.32. The second-order valence-electron chi connectivity index (χ2n) is 6.54. The zero-order valence-corrected chi connectivity index (χ0v) is 16.6. The molecule has 3 amide bonds. The maximum Gasteiger partial charge on any atom is 0.332 e. The van der Waals surface area contributed by atoms with Crippen LogP contribution >= 0.6 is 12.8 Å². The molecule has 0 aromatic heterocycles. The summed E-state index contributed by atoms with van der Waals surface area (Å²) in [5.41, 5.74) is 1.30. The monoisotopic (exact) mass is 402 g/mol. The number of thiol groups is 1. The van der Waals surface area contributed by atoms with Gasteiger partial charge in [-0.2, -0.15) is 0 Å². The van der Waals surface area contributed by atoms with Crippen LogP contribution in [0.5, 0.6) is 0 Å². The Balaban J connectivity index is 2.19. The number of nitrogens with one attached hydrogen (secondary N) is 2. The van der Waals surface area contributed by atoms with Crippen molar-refractivity contribution in [3.8, 4) is 0 Å². The largest absolute Gasteiger partial charge is 0.332 e. The van der Waals surface area contributed by atoms with Crippen LogP contribution in [-0.2, 0) is 4.79 Å². The molecule has 2 aromatic rings. The number of anilines is 2. The number of nitrogens with zero attached hydrogens (tertiary/aromatic N) is 2. The molecule has 0 saturated carbocycles. The molecule has 0 saturated heterocycles. The Labute approximate surface area is 168 Å². The summed E-state index contributed by atoms with van der Waals surface area (Å²) >= 11 is 4.20. The third kappa shape index (κ3) is 5.01. The summed E-state index contributed by atoms with van der Waals surface area (Å²) in [4.78, 5) is 35.9. The Morgan fingerprint density at radius 2 is 1.61 bits per heavy atom. The normalized spacial score (nSPS) is 11.6. The molecule has 28 heavy (non-hydrogen) atoms. The van der Waals surface area contributed by atoms with Gasteiger partial charge in [0.25, 0.3) is 5.69 Å². The van der Waals surface area contributed by atoms with Gasteiger partial charge in [0.05, 0.1) is 4.92 Å². The molecule has 9 heteroatoms. The highest BCUT2D eigenvalue weighted by atomic mass is 32.1. The maximum absolute atomic E-state index is 12.8. The Morgan fingerprint density at radius 3 is 2.18 bits per heavy atom. The second kappa shape index (κ2) is 9.23. The first kappa shape index (κ1) is 21.2. The van der Waals surface area contributed by atoms with Gasteiger partial charge in [0, 0.05) is 11.8 Å². The van der Waals surface area contributed by atoms with E-state index >= 15 is 0 Å². The summed E-state index contributed by atoms with van der Waals surface area (Å²) in [6.45, 7) is 5.42. The summed E-state index contributed by atoms with van der Waals surface area (Å²) < 4.78 is 0.953. The summed E-state index contributed by atoms with van der Waals surface area (Å²) in [5, 5.41) is 16.4. The molecule has 0 aliphatic heterocycles. The van der Waals surface area contributed by atoms with Gasteiger partial charge in [-0.1, -0.05) is 57.0 Å². The number of benzene rings is 2. The molecule has 0 heterocycles. The van der Waals surface area contributed by atoms with Crippen molar-refractivity contribution < 1.29 is 14.5 Å². The number of rotatable bonds is 6. The first-order valence-electron chi connectivity index (χ1n) is 8.61. The highest BCUT2D eigenvalue weighted by molar-refractivity contribution is 7.78. The average Bonchev–Trinajstić information content (AvgIpc) is 2.63. The summed E-state index contributed by atoms with van der Waals surface area (Å²) in [7, 11) is 0. The number of urea groups is 1. The van der Waals surface area contributed by atoms with Crippen LogP contribution < -0.4 is 10.6 Å². The number of hydrogen-bond donors (Lipinski definition) is 3. The maximum atomic E-state index is 12.8. The van der Waals surface area contributed by atoms with Crippen molar-refractivity contribution in [1.82, 2.24) is 4.31 Å². The SMILES string of the molecule is Cc1ccccc1NC(=O)C(C(C)C)N(S)C(=O)Nc1ccccc1[N+](=O)[O-]. The molecule has 8 nitrogen and oxygen atoms in total. The van der Waals surface area contributed by atoms with E-state index in [-0.39, 0.29) is 17.3 Å². The van der Waals surface area contributed by atoms with Crippen LogP contribution in [-0.4, -0.2) is 27.2 Å². The van der Waals surface area contributed by atoms with E-state index in [9.17, 15) is 19.7 Å². The van der Waals surface area contributed by atoms with E-state index < -0.39 is 22.9 Å². The average molecular weight is 402 g/mol.